The number of para-hydroxylation sites is 2. The molecule has 3 aromatic heterocycles. The SMILES string of the molecule is c1ccc(-n2c3ccccc3c3c(-c4ccc(N(c5ccc(-c6cccc7sc8ccccc8c67)cc5)c5cccc6oc7c8ccccc8ccc7c56)cc4)cccc32)cc1. The Morgan fingerprint density at radius 2 is 1.00 bits per heavy atom. The smallest absolute Gasteiger partial charge is 0.143 e. The maximum absolute atomic E-state index is 6.73. The lowest BCUT2D eigenvalue weighted by molar-refractivity contribution is 0.672. The number of thiophene rings is 1. The van der Waals surface area contributed by atoms with Gasteiger partial charge in [0.05, 0.1) is 22.1 Å². The molecule has 0 aliphatic heterocycles. The summed E-state index contributed by atoms with van der Waals surface area (Å²) in [5.74, 6) is 0. The number of benzene rings is 10. The van der Waals surface area contributed by atoms with Gasteiger partial charge in [-0.3, -0.25) is 0 Å². The van der Waals surface area contributed by atoms with Crippen molar-refractivity contribution in [1.29, 1.82) is 0 Å². The van der Waals surface area contributed by atoms with E-state index in [1.165, 1.54) is 69.6 Å². The van der Waals surface area contributed by atoms with E-state index in [2.05, 4.69) is 228 Å². The van der Waals surface area contributed by atoms with Crippen LogP contribution in [0.3, 0.4) is 0 Å². The van der Waals surface area contributed by atoms with Crippen LogP contribution in [0.4, 0.5) is 17.1 Å². The Morgan fingerprint density at radius 3 is 1.79 bits per heavy atom. The number of anilines is 3. The summed E-state index contributed by atoms with van der Waals surface area (Å²) in [6.07, 6.45) is 0. The van der Waals surface area contributed by atoms with Crippen molar-refractivity contribution in [3.05, 3.63) is 218 Å². The molecule has 0 saturated carbocycles. The molecule has 0 fully saturated rings. The van der Waals surface area contributed by atoms with E-state index in [1.54, 1.807) is 0 Å². The van der Waals surface area contributed by atoms with Crippen molar-refractivity contribution >= 4 is 103 Å². The second-order valence-corrected chi connectivity index (χ2v) is 17.1. The highest BCUT2D eigenvalue weighted by atomic mass is 32.1. The lowest BCUT2D eigenvalue weighted by atomic mass is 9.98. The largest absolute Gasteiger partial charge is 0.455 e. The topological polar surface area (TPSA) is 21.3 Å². The maximum atomic E-state index is 6.73. The molecule has 13 aromatic rings. The molecule has 3 heterocycles. The van der Waals surface area contributed by atoms with Crippen LogP contribution in [0.2, 0.25) is 0 Å². The number of nitrogens with zero attached hydrogens (tertiary/aromatic N) is 2. The number of furan rings is 1. The van der Waals surface area contributed by atoms with Crippen molar-refractivity contribution in [3.63, 3.8) is 0 Å². The summed E-state index contributed by atoms with van der Waals surface area (Å²) in [6.45, 7) is 0. The average molecular weight is 809 g/mol. The summed E-state index contributed by atoms with van der Waals surface area (Å²) in [6, 6.07) is 79.1. The third kappa shape index (κ3) is 5.30. The first kappa shape index (κ1) is 34.9. The van der Waals surface area contributed by atoms with Gasteiger partial charge in [-0.05, 0) is 107 Å². The fourth-order valence-electron chi connectivity index (χ4n) is 9.86. The Hall–Kier alpha value is -7.92. The van der Waals surface area contributed by atoms with E-state index in [9.17, 15) is 0 Å². The maximum Gasteiger partial charge on any atom is 0.143 e. The Kier molecular flexibility index (Phi) is 7.78. The lowest BCUT2D eigenvalue weighted by Gasteiger charge is -2.27. The van der Waals surface area contributed by atoms with Crippen molar-refractivity contribution in [2.45, 2.75) is 0 Å². The summed E-state index contributed by atoms with van der Waals surface area (Å²) >= 11 is 1.86. The zero-order valence-corrected chi connectivity index (χ0v) is 34.3. The minimum Gasteiger partial charge on any atom is -0.455 e. The molecule has 0 atom stereocenters. The predicted molar refractivity (Wildman–Crippen MR) is 264 cm³/mol. The molecule has 0 aliphatic rings. The van der Waals surface area contributed by atoms with Crippen LogP contribution >= 0.6 is 11.3 Å². The van der Waals surface area contributed by atoms with E-state index in [-0.39, 0.29) is 0 Å². The van der Waals surface area contributed by atoms with Crippen LogP contribution in [-0.2, 0) is 0 Å². The molecule has 13 rings (SSSR count). The number of rotatable bonds is 6. The highest BCUT2D eigenvalue weighted by Crippen LogP contribution is 2.47. The summed E-state index contributed by atoms with van der Waals surface area (Å²) in [5.41, 5.74) is 13.3. The van der Waals surface area contributed by atoms with Crippen molar-refractivity contribution in [1.82, 2.24) is 4.57 Å². The first-order chi connectivity index (χ1) is 30.8. The van der Waals surface area contributed by atoms with Crippen LogP contribution < -0.4 is 4.90 Å². The van der Waals surface area contributed by atoms with Gasteiger partial charge in [0.1, 0.15) is 11.2 Å². The van der Waals surface area contributed by atoms with Gasteiger partial charge in [0.25, 0.3) is 0 Å². The van der Waals surface area contributed by atoms with Gasteiger partial charge in [-0.25, -0.2) is 0 Å². The quantitative estimate of drug-likeness (QED) is 0.167. The molecule has 10 aromatic carbocycles. The molecule has 290 valence electrons. The normalized spacial score (nSPS) is 11.9. The Balaban J connectivity index is 0.990. The first-order valence-electron chi connectivity index (χ1n) is 21.1. The average Bonchev–Trinajstić information content (AvgIpc) is 4.03. The van der Waals surface area contributed by atoms with E-state index in [0.717, 1.165) is 50.1 Å². The molecule has 0 radical (unpaired) electrons. The number of aromatic nitrogens is 1. The van der Waals surface area contributed by atoms with E-state index in [0.29, 0.717) is 0 Å². The van der Waals surface area contributed by atoms with E-state index in [1.807, 2.05) is 11.3 Å². The van der Waals surface area contributed by atoms with Crippen molar-refractivity contribution in [2.75, 3.05) is 4.90 Å². The van der Waals surface area contributed by atoms with Crippen LogP contribution in [0.15, 0.2) is 223 Å². The van der Waals surface area contributed by atoms with Crippen LogP contribution in [0.5, 0.6) is 0 Å². The molecule has 0 aliphatic carbocycles. The summed E-state index contributed by atoms with van der Waals surface area (Å²) in [4.78, 5) is 2.39. The van der Waals surface area contributed by atoms with Crippen LogP contribution in [-0.4, -0.2) is 4.57 Å². The molecule has 0 unspecified atom stereocenters. The zero-order valence-electron chi connectivity index (χ0n) is 33.5. The monoisotopic (exact) mass is 808 g/mol. The van der Waals surface area contributed by atoms with Gasteiger partial charge in [0, 0.05) is 58.8 Å². The zero-order chi connectivity index (χ0) is 40.7. The third-order valence-electron chi connectivity index (χ3n) is 12.6. The Labute approximate surface area is 361 Å². The van der Waals surface area contributed by atoms with Crippen molar-refractivity contribution in [3.8, 4) is 27.9 Å². The Bertz CT molecular complexity index is 3860. The lowest BCUT2D eigenvalue weighted by Crippen LogP contribution is -2.10. The van der Waals surface area contributed by atoms with Crippen LogP contribution in [0.1, 0.15) is 0 Å². The molecule has 62 heavy (non-hydrogen) atoms. The number of hydrogen-bond acceptors (Lipinski definition) is 3. The molecule has 0 spiro atoms. The second-order valence-electron chi connectivity index (χ2n) is 16.0. The third-order valence-corrected chi connectivity index (χ3v) is 13.7. The number of hydrogen-bond donors (Lipinski definition) is 0. The molecule has 0 bridgehead atoms. The molecular weight excluding hydrogens is 773 g/mol. The molecule has 0 saturated heterocycles. The number of fused-ring (bicyclic) bond motifs is 11. The fourth-order valence-corrected chi connectivity index (χ4v) is 11.0. The fraction of sp³-hybridized carbons (Fsp3) is 0. The summed E-state index contributed by atoms with van der Waals surface area (Å²) in [5, 5.41) is 9.59. The van der Waals surface area contributed by atoms with Gasteiger partial charge in [-0.1, -0.05) is 140 Å². The van der Waals surface area contributed by atoms with Gasteiger partial charge >= 0.3 is 0 Å². The predicted octanol–water partition coefficient (Wildman–Crippen LogP) is 17.0. The second kappa shape index (κ2) is 13.8. The standard InChI is InChI=1S/C58H36N2OS/c1-2-14-40(15-3-1)60-49-21-8-6-17-46(49)55-43(19-10-22-50(55)60)38-27-32-41(33-28-38)59(51-23-12-24-52-57(51)48-36-31-37-13-4-5-16-45(37)58(48)61-52)42-34-29-39(30-35-42)44-20-11-26-54-56(44)47-18-7-9-25-53(47)62-54/h1-36H. The van der Waals surface area contributed by atoms with E-state index < -0.39 is 0 Å². The summed E-state index contributed by atoms with van der Waals surface area (Å²) < 4.78 is 11.7. The molecular formula is C58H36N2OS. The van der Waals surface area contributed by atoms with Crippen molar-refractivity contribution < 1.29 is 4.42 Å². The minimum absolute atomic E-state index is 0.865. The Morgan fingerprint density at radius 1 is 0.387 bits per heavy atom. The van der Waals surface area contributed by atoms with Gasteiger partial charge in [-0.2, -0.15) is 0 Å². The van der Waals surface area contributed by atoms with Gasteiger partial charge in [-0.15, -0.1) is 11.3 Å². The van der Waals surface area contributed by atoms with Gasteiger partial charge < -0.3 is 13.9 Å². The van der Waals surface area contributed by atoms with Crippen LogP contribution in [0.25, 0.3) is 103 Å². The minimum atomic E-state index is 0.865. The summed E-state index contributed by atoms with van der Waals surface area (Å²) in [7, 11) is 0. The van der Waals surface area contributed by atoms with E-state index >= 15 is 0 Å². The van der Waals surface area contributed by atoms with Gasteiger partial charge in [0.15, 0.2) is 0 Å². The molecule has 3 nitrogen and oxygen atoms in total. The van der Waals surface area contributed by atoms with E-state index in [4.69, 9.17) is 4.42 Å². The highest BCUT2D eigenvalue weighted by molar-refractivity contribution is 7.25. The molecule has 4 heteroatoms. The van der Waals surface area contributed by atoms with Gasteiger partial charge in [0.2, 0.25) is 0 Å². The first-order valence-corrected chi connectivity index (χ1v) is 21.9. The van der Waals surface area contributed by atoms with Crippen molar-refractivity contribution in [2.24, 2.45) is 0 Å². The molecule has 0 N–H and O–H groups in total. The highest BCUT2D eigenvalue weighted by Gasteiger charge is 2.22. The molecule has 0 amide bonds. The van der Waals surface area contributed by atoms with Crippen LogP contribution in [0, 0.1) is 0 Å².